The molecule has 194 valence electrons. The minimum Gasteiger partial charge on any atom is -0.477 e. The van der Waals surface area contributed by atoms with Crippen molar-refractivity contribution in [2.75, 3.05) is 35.3 Å². The molecule has 2 aromatic heterocycles. The number of carboxylic acids is 1. The molecular weight excluding hydrogens is 522 g/mol. The number of aromatic carboxylic acids is 1. The second-order valence-electron chi connectivity index (χ2n) is 8.51. The number of aliphatic hydroxyl groups excluding tert-OH is 1. The van der Waals surface area contributed by atoms with E-state index in [1.54, 1.807) is 25.1 Å². The number of fused-ring (bicyclic) bond motifs is 1. The molecule has 0 unspecified atom stereocenters. The Balaban J connectivity index is 1.42. The number of hydrogen-bond acceptors (Lipinski definition) is 12. The Kier molecular flexibility index (Phi) is 6.43. The van der Waals surface area contributed by atoms with Crippen LogP contribution in [0.15, 0.2) is 35.2 Å². The molecule has 3 aromatic rings. The van der Waals surface area contributed by atoms with Gasteiger partial charge < -0.3 is 20.4 Å². The summed E-state index contributed by atoms with van der Waals surface area (Å²) in [6, 6.07) is 7.63. The quantitative estimate of drug-likeness (QED) is 0.339. The smallest absolute Gasteiger partial charge is 0.347 e. The first-order chi connectivity index (χ1) is 17.6. The fourth-order valence-electron chi connectivity index (χ4n) is 4.12. The summed E-state index contributed by atoms with van der Waals surface area (Å²) in [6.07, 6.45) is 0.721. The number of hydrogen-bond donors (Lipinski definition) is 4. The standard InChI is InChI=1S/C22H23N7O6S2/c1-12-18(20(32)33)36-22(24-12)27-21-25-16(10-17(26-21)28-8-6-13(30)7-9-28)23-11-29-19(31)14-4-2-3-5-15(14)37(29,34)35/h2-5,10,13,30H,6-9,11H2,1H3,(H,32,33)(H2,23,24,25,26,27). The average Bonchev–Trinajstić information content (AvgIpc) is 3.32. The number of carbonyl (C=O) groups excluding carboxylic acids is 1. The summed E-state index contributed by atoms with van der Waals surface area (Å²) in [6.45, 7) is 2.32. The van der Waals surface area contributed by atoms with Crippen LogP contribution in [-0.4, -0.2) is 75.6 Å². The van der Waals surface area contributed by atoms with Crippen molar-refractivity contribution in [1.82, 2.24) is 19.3 Å². The van der Waals surface area contributed by atoms with Crippen molar-refractivity contribution in [3.63, 3.8) is 0 Å². The van der Waals surface area contributed by atoms with E-state index in [4.69, 9.17) is 0 Å². The number of carbonyl (C=O) groups is 2. The number of carboxylic acid groups (broad SMARTS) is 1. The molecule has 2 aliphatic heterocycles. The number of aromatic nitrogens is 3. The van der Waals surface area contributed by atoms with Crippen molar-refractivity contribution in [2.24, 2.45) is 0 Å². The molecule has 4 heterocycles. The number of benzene rings is 1. The number of aryl methyl sites for hydroxylation is 1. The lowest BCUT2D eigenvalue weighted by Crippen LogP contribution is -2.37. The first kappa shape index (κ1) is 24.9. The highest BCUT2D eigenvalue weighted by atomic mass is 32.2. The highest BCUT2D eigenvalue weighted by molar-refractivity contribution is 7.90. The normalized spacial score (nSPS) is 17.1. The van der Waals surface area contributed by atoms with E-state index in [1.807, 2.05) is 4.90 Å². The topological polar surface area (TPSA) is 178 Å². The van der Waals surface area contributed by atoms with E-state index in [9.17, 15) is 28.2 Å². The molecule has 4 N–H and O–H groups in total. The number of sulfonamides is 1. The van der Waals surface area contributed by atoms with Gasteiger partial charge in [0.2, 0.25) is 5.95 Å². The molecule has 0 radical (unpaired) electrons. The Hall–Kier alpha value is -3.82. The summed E-state index contributed by atoms with van der Waals surface area (Å²) in [5, 5.41) is 25.3. The van der Waals surface area contributed by atoms with Crippen LogP contribution in [-0.2, 0) is 10.0 Å². The van der Waals surface area contributed by atoms with Crippen molar-refractivity contribution in [2.45, 2.75) is 30.8 Å². The molecule has 2 aliphatic rings. The van der Waals surface area contributed by atoms with Gasteiger partial charge in [-0.25, -0.2) is 22.5 Å². The van der Waals surface area contributed by atoms with E-state index in [0.29, 0.717) is 37.4 Å². The summed E-state index contributed by atoms with van der Waals surface area (Å²) in [5.41, 5.74) is 0.451. The minimum absolute atomic E-state index is 0.0484. The van der Waals surface area contributed by atoms with Gasteiger partial charge in [-0.2, -0.15) is 9.97 Å². The number of anilines is 4. The van der Waals surface area contributed by atoms with Crippen molar-refractivity contribution in [3.8, 4) is 0 Å². The third kappa shape index (κ3) is 4.80. The molecule has 1 fully saturated rings. The van der Waals surface area contributed by atoms with E-state index in [-0.39, 0.29) is 38.9 Å². The molecule has 0 saturated carbocycles. The first-order valence-electron chi connectivity index (χ1n) is 11.3. The van der Waals surface area contributed by atoms with Crippen molar-refractivity contribution >= 4 is 56.0 Å². The van der Waals surface area contributed by atoms with E-state index >= 15 is 0 Å². The molecule has 0 spiro atoms. The molecule has 0 aliphatic carbocycles. The second kappa shape index (κ2) is 9.57. The summed E-state index contributed by atoms with van der Waals surface area (Å²) in [4.78, 5) is 39.3. The predicted octanol–water partition coefficient (Wildman–Crippen LogP) is 1.86. The Bertz CT molecular complexity index is 1480. The van der Waals surface area contributed by atoms with Crippen molar-refractivity contribution < 1.29 is 28.2 Å². The third-order valence-electron chi connectivity index (χ3n) is 6.03. The molecule has 37 heavy (non-hydrogen) atoms. The molecular formula is C22H23N7O6S2. The minimum atomic E-state index is -4.01. The number of thiazole rings is 1. The van der Waals surface area contributed by atoms with Crippen LogP contribution in [0.4, 0.5) is 22.7 Å². The van der Waals surface area contributed by atoms with Gasteiger partial charge in [-0.3, -0.25) is 10.1 Å². The van der Waals surface area contributed by atoms with Crippen molar-refractivity contribution in [3.05, 3.63) is 46.5 Å². The highest BCUT2D eigenvalue weighted by Gasteiger charge is 2.40. The molecule has 1 aromatic carbocycles. The largest absolute Gasteiger partial charge is 0.477 e. The van der Waals surface area contributed by atoms with Gasteiger partial charge in [0.1, 0.15) is 28.1 Å². The Morgan fingerprint density at radius 2 is 1.92 bits per heavy atom. The van der Waals surface area contributed by atoms with Crippen LogP contribution in [0.3, 0.4) is 0 Å². The SMILES string of the molecule is Cc1nc(Nc2nc(NCN3C(=O)c4ccccc4S3(=O)=O)cc(N3CCC(O)CC3)n2)sc1C(=O)O. The first-order valence-corrected chi connectivity index (χ1v) is 13.6. The Morgan fingerprint density at radius 1 is 1.19 bits per heavy atom. The number of nitrogens with one attached hydrogen (secondary N) is 2. The molecule has 5 rings (SSSR count). The molecule has 1 saturated heterocycles. The maximum atomic E-state index is 12.9. The molecule has 13 nitrogen and oxygen atoms in total. The number of aliphatic hydroxyl groups is 1. The highest BCUT2D eigenvalue weighted by Crippen LogP contribution is 2.31. The van der Waals surface area contributed by atoms with Crippen LogP contribution < -0.4 is 15.5 Å². The maximum absolute atomic E-state index is 12.9. The van der Waals surface area contributed by atoms with Crippen LogP contribution >= 0.6 is 11.3 Å². The fourth-order valence-corrected chi connectivity index (χ4v) is 6.39. The summed E-state index contributed by atoms with van der Waals surface area (Å²) < 4.78 is 26.5. The Labute approximate surface area is 215 Å². The summed E-state index contributed by atoms with van der Waals surface area (Å²) in [5.74, 6) is -0.873. The molecule has 15 heteroatoms. The molecule has 0 bridgehead atoms. The van der Waals surface area contributed by atoms with Gasteiger partial charge in [-0.1, -0.05) is 23.5 Å². The van der Waals surface area contributed by atoms with E-state index < -0.39 is 28.0 Å². The van der Waals surface area contributed by atoms with Gasteiger partial charge in [0.15, 0.2) is 5.13 Å². The van der Waals surface area contributed by atoms with Crippen LogP contribution in [0.5, 0.6) is 0 Å². The Morgan fingerprint density at radius 3 is 2.59 bits per heavy atom. The van der Waals surface area contributed by atoms with Gasteiger partial charge in [0, 0.05) is 19.2 Å². The van der Waals surface area contributed by atoms with Crippen LogP contribution in [0.2, 0.25) is 0 Å². The monoisotopic (exact) mass is 545 g/mol. The number of amides is 1. The second-order valence-corrected chi connectivity index (χ2v) is 11.3. The van der Waals surface area contributed by atoms with Gasteiger partial charge in [-0.15, -0.1) is 0 Å². The zero-order valence-electron chi connectivity index (χ0n) is 19.6. The number of nitrogens with zero attached hydrogens (tertiary/aromatic N) is 5. The lowest BCUT2D eigenvalue weighted by atomic mass is 10.1. The lowest BCUT2D eigenvalue weighted by Gasteiger charge is -2.30. The lowest BCUT2D eigenvalue weighted by molar-refractivity contribution is 0.0700. The molecule has 0 atom stereocenters. The number of rotatable bonds is 7. The van der Waals surface area contributed by atoms with Gasteiger partial charge in [0.25, 0.3) is 15.9 Å². The van der Waals surface area contributed by atoms with E-state index in [0.717, 1.165) is 15.6 Å². The molecule has 1 amide bonds. The maximum Gasteiger partial charge on any atom is 0.347 e. The predicted molar refractivity (Wildman–Crippen MR) is 135 cm³/mol. The van der Waals surface area contributed by atoms with E-state index in [1.165, 1.54) is 12.1 Å². The van der Waals surface area contributed by atoms with Crippen LogP contribution in [0, 0.1) is 6.92 Å². The average molecular weight is 546 g/mol. The van der Waals surface area contributed by atoms with Crippen LogP contribution in [0.25, 0.3) is 0 Å². The third-order valence-corrected chi connectivity index (χ3v) is 8.87. The summed E-state index contributed by atoms with van der Waals surface area (Å²) >= 11 is 0.936. The zero-order chi connectivity index (χ0) is 26.3. The zero-order valence-corrected chi connectivity index (χ0v) is 21.2. The fraction of sp³-hybridized carbons (Fsp3) is 0.318. The van der Waals surface area contributed by atoms with Gasteiger partial charge in [0.05, 0.1) is 17.4 Å². The van der Waals surface area contributed by atoms with E-state index in [2.05, 4.69) is 25.6 Å². The van der Waals surface area contributed by atoms with Gasteiger partial charge in [-0.05, 0) is 31.9 Å². The summed E-state index contributed by atoms with van der Waals surface area (Å²) in [7, 11) is -4.01. The van der Waals surface area contributed by atoms with Gasteiger partial charge >= 0.3 is 5.97 Å². The number of piperidine rings is 1. The van der Waals surface area contributed by atoms with Crippen LogP contribution in [0.1, 0.15) is 38.6 Å². The van der Waals surface area contributed by atoms with Crippen molar-refractivity contribution in [1.29, 1.82) is 0 Å².